The largest absolute Gasteiger partial charge is 0.444 e. The summed E-state index contributed by atoms with van der Waals surface area (Å²) in [6, 6.07) is -0.0769. The van der Waals surface area contributed by atoms with Crippen molar-refractivity contribution in [3.63, 3.8) is 0 Å². The van der Waals surface area contributed by atoms with Gasteiger partial charge in [0.15, 0.2) is 0 Å². The molecule has 2 aliphatic rings. The Morgan fingerprint density at radius 2 is 1.79 bits per heavy atom. The van der Waals surface area contributed by atoms with Gasteiger partial charge in [0.05, 0.1) is 0 Å². The average molecular weight is 408 g/mol. The molecule has 135 valence electrons. The second-order valence-electron chi connectivity index (χ2n) is 8.49. The van der Waals surface area contributed by atoms with Crippen LogP contribution >= 0.6 is 0 Å². The van der Waals surface area contributed by atoms with Crippen molar-refractivity contribution < 1.29 is 42.2 Å². The summed E-state index contributed by atoms with van der Waals surface area (Å²) in [4.78, 5) is 11.7. The van der Waals surface area contributed by atoms with Gasteiger partial charge in [-0.1, -0.05) is 62.6 Å². The molecule has 0 aromatic carbocycles. The van der Waals surface area contributed by atoms with Crippen LogP contribution in [0.3, 0.4) is 0 Å². The van der Waals surface area contributed by atoms with Gasteiger partial charge in [-0.3, -0.25) is 0 Å². The Hall–Kier alpha value is 0.439. The van der Waals surface area contributed by atoms with Crippen molar-refractivity contribution in [3.05, 3.63) is 13.3 Å². The van der Waals surface area contributed by atoms with E-state index in [9.17, 15) is 4.79 Å². The smallest absolute Gasteiger partial charge is 0.405 e. The van der Waals surface area contributed by atoms with Crippen molar-refractivity contribution in [3.8, 4) is 0 Å². The van der Waals surface area contributed by atoms with E-state index in [1.807, 2.05) is 20.8 Å². The molecule has 1 amide bonds. The summed E-state index contributed by atoms with van der Waals surface area (Å²) in [6.07, 6.45) is 14.0. The van der Waals surface area contributed by atoms with E-state index in [0.29, 0.717) is 0 Å². The Morgan fingerprint density at radius 3 is 2.29 bits per heavy atom. The number of hydrogen-bond acceptors (Lipinski definition) is 2. The average Bonchev–Trinajstić information content (AvgIpc) is 2.40. The van der Waals surface area contributed by atoms with E-state index in [0.717, 1.165) is 31.2 Å². The summed E-state index contributed by atoms with van der Waals surface area (Å²) in [5.41, 5.74) is -0.450. The van der Waals surface area contributed by atoms with E-state index in [-0.39, 0.29) is 44.8 Å². The molecule has 0 aliphatic carbocycles. The maximum Gasteiger partial charge on any atom is 0.405 e. The van der Waals surface area contributed by atoms with Crippen LogP contribution in [-0.4, -0.2) is 24.4 Å². The molecule has 5 heteroatoms. The minimum atomic E-state index is -0.450. The molecule has 2 saturated heterocycles. The van der Waals surface area contributed by atoms with Crippen LogP contribution in [0.2, 0.25) is 18.0 Å². The van der Waals surface area contributed by atoms with E-state index in [4.69, 9.17) is 4.74 Å². The molecule has 0 unspecified atom stereocenters. The molecule has 1 N–H and O–H groups in total. The minimum Gasteiger partial charge on any atom is -0.444 e. The summed E-state index contributed by atoms with van der Waals surface area (Å²) in [5.74, 6) is 1.96. The van der Waals surface area contributed by atoms with Gasteiger partial charge in [-0.05, 0) is 20.8 Å². The van der Waals surface area contributed by atoms with Crippen LogP contribution < -0.4 is 5.32 Å². The predicted molar refractivity (Wildman–Crippen MR) is 97.8 cm³/mol. The Morgan fingerprint density at radius 1 is 1.25 bits per heavy atom. The molecule has 2 aliphatic heterocycles. The van der Waals surface area contributed by atoms with Crippen LogP contribution in [0.15, 0.2) is 0 Å². The number of fused-ring (bicyclic) bond motifs is 2. The molecular weight excluding hydrogens is 374 g/mol. The van der Waals surface area contributed by atoms with Gasteiger partial charge in [0.2, 0.25) is 0 Å². The number of alkyl carbamates (subject to hydrolysis) is 1. The molecule has 1 atom stereocenters. The fraction of sp³-hybridized carbons (Fsp3) is 0.842. The van der Waals surface area contributed by atoms with E-state index < -0.39 is 5.60 Å². The van der Waals surface area contributed by atoms with Gasteiger partial charge in [0, 0.05) is 32.7 Å². The standard InChI is InChI=1S/C19H34BNO2.Y/c1-15(21-18(22)23-19(2,3)4)9-5-6-14-20-16-10-7-11-17(20)13-8-12-16;/h6,15-17H,1,5,7-14H2,2-4H3,(H,21,22);/q-2;/t15-,16?,17?;/m0./s1. The van der Waals surface area contributed by atoms with Crippen molar-refractivity contribution in [1.29, 1.82) is 0 Å². The summed E-state index contributed by atoms with van der Waals surface area (Å²) < 4.78 is 5.26. The first-order valence-electron chi connectivity index (χ1n) is 9.49. The van der Waals surface area contributed by atoms with Crippen molar-refractivity contribution in [1.82, 2.24) is 5.32 Å². The van der Waals surface area contributed by atoms with Crippen LogP contribution in [0.25, 0.3) is 0 Å². The third-order valence-corrected chi connectivity index (χ3v) is 5.39. The molecule has 24 heavy (non-hydrogen) atoms. The van der Waals surface area contributed by atoms with Crippen molar-refractivity contribution >= 4 is 12.8 Å². The number of unbranched alkanes of at least 4 members (excludes halogenated alkanes) is 1. The van der Waals surface area contributed by atoms with Gasteiger partial charge in [0.1, 0.15) is 12.3 Å². The number of nitrogens with one attached hydrogen (secondary N) is 1. The summed E-state index contributed by atoms with van der Waals surface area (Å²) in [6.45, 7) is 10.6. The Labute approximate surface area is 174 Å². The second-order valence-corrected chi connectivity index (χ2v) is 8.49. The molecule has 2 rings (SSSR count). The molecular formula is C19H34BNO2Y-2. The fourth-order valence-electron chi connectivity index (χ4n) is 4.37. The van der Waals surface area contributed by atoms with Gasteiger partial charge >= 0.3 is 6.09 Å². The Balaban J connectivity index is 0.00000288. The van der Waals surface area contributed by atoms with Crippen molar-refractivity contribution in [2.24, 2.45) is 0 Å². The normalized spacial score (nSPS) is 24.8. The summed E-state index contributed by atoms with van der Waals surface area (Å²) in [5, 5.41) is 2.82. The van der Waals surface area contributed by atoms with E-state index >= 15 is 0 Å². The van der Waals surface area contributed by atoms with Gasteiger partial charge in [-0.25, -0.2) is 11.1 Å². The minimum absolute atomic E-state index is 0. The maximum absolute atomic E-state index is 11.7. The van der Waals surface area contributed by atoms with Crippen molar-refractivity contribution in [2.75, 3.05) is 0 Å². The maximum atomic E-state index is 11.7. The second kappa shape index (κ2) is 10.6. The van der Waals surface area contributed by atoms with Gasteiger partial charge in [-0.15, -0.1) is 0 Å². The number of carbonyl (C=O) groups is 1. The number of ether oxygens (including phenoxy) is 1. The number of rotatable bonds is 6. The molecule has 0 spiro atoms. The summed E-state index contributed by atoms with van der Waals surface area (Å²) >= 11 is 0. The summed E-state index contributed by atoms with van der Waals surface area (Å²) in [7, 11) is 0. The van der Waals surface area contributed by atoms with Crippen LogP contribution in [0, 0.1) is 13.3 Å². The molecule has 0 aromatic heterocycles. The van der Waals surface area contributed by atoms with Gasteiger partial charge in [0.25, 0.3) is 0 Å². The Bertz CT molecular complexity index is 364. The monoisotopic (exact) mass is 408 g/mol. The number of carbonyl (C=O) groups excluding carboxylic acids is 1. The van der Waals surface area contributed by atoms with Crippen molar-refractivity contribution in [2.45, 2.75) is 102 Å². The quantitative estimate of drug-likeness (QED) is 0.368. The van der Waals surface area contributed by atoms with Crippen LogP contribution in [-0.2, 0) is 37.4 Å². The first-order chi connectivity index (χ1) is 10.8. The van der Waals surface area contributed by atoms with E-state index in [2.05, 4.69) is 18.7 Å². The molecule has 2 fully saturated rings. The third kappa shape index (κ3) is 7.77. The van der Waals surface area contributed by atoms with Crippen LogP contribution in [0.5, 0.6) is 0 Å². The zero-order chi connectivity index (χ0) is 16.9. The molecule has 0 saturated carbocycles. The van der Waals surface area contributed by atoms with Crippen LogP contribution in [0.1, 0.15) is 72.1 Å². The van der Waals surface area contributed by atoms with E-state index in [1.165, 1.54) is 44.8 Å². The molecule has 2 heterocycles. The first kappa shape index (κ1) is 22.5. The molecule has 1 radical (unpaired) electrons. The first-order valence-corrected chi connectivity index (χ1v) is 9.49. The SMILES string of the molecule is [CH2-][C@@H](CC[CH-]CB1C2CCCC1CCC2)NC(=O)OC(C)(C)C.[Y]. The topological polar surface area (TPSA) is 38.3 Å². The molecule has 3 nitrogen and oxygen atoms in total. The molecule has 2 bridgehead atoms. The van der Waals surface area contributed by atoms with E-state index in [1.54, 1.807) is 0 Å². The fourth-order valence-corrected chi connectivity index (χ4v) is 4.37. The predicted octanol–water partition coefficient (Wildman–Crippen LogP) is 5.30. The zero-order valence-electron chi connectivity index (χ0n) is 15.9. The Kier molecular flexibility index (Phi) is 9.89. The number of hydrogen-bond donors (Lipinski definition) is 1. The number of amides is 1. The van der Waals surface area contributed by atoms with Gasteiger partial charge < -0.3 is 23.4 Å². The zero-order valence-corrected chi connectivity index (χ0v) is 18.7. The van der Waals surface area contributed by atoms with Crippen LogP contribution in [0.4, 0.5) is 4.79 Å². The molecule has 0 aromatic rings. The van der Waals surface area contributed by atoms with Gasteiger partial charge in [-0.2, -0.15) is 6.42 Å². The third-order valence-electron chi connectivity index (χ3n) is 5.39.